The number of esters is 3. The van der Waals surface area contributed by atoms with Crippen LogP contribution in [0.1, 0.15) is 48.0 Å². The summed E-state index contributed by atoms with van der Waals surface area (Å²) in [5, 5.41) is 7.75. The van der Waals surface area contributed by atoms with Crippen LogP contribution < -0.4 is 0 Å². The van der Waals surface area contributed by atoms with Crippen LogP contribution in [0, 0.1) is 11.8 Å². The SMILES string of the molecule is CCC1O[C@@H](S[C@@H]2OC(COC(C)=O)[C@H](C)[C@H](N=[N+]=[N-])C2OC(C)=O)[C@H](C)C(N=[N+]=[N-])[C@H]1OC(C)=O. The van der Waals surface area contributed by atoms with Crippen LogP contribution in [0.4, 0.5) is 0 Å². The van der Waals surface area contributed by atoms with Crippen LogP contribution >= 0.6 is 11.8 Å². The van der Waals surface area contributed by atoms with Crippen molar-refractivity contribution in [2.45, 2.75) is 95.3 Å². The highest BCUT2D eigenvalue weighted by atomic mass is 32.2. The van der Waals surface area contributed by atoms with E-state index in [0.717, 1.165) is 0 Å². The average Bonchev–Trinajstić information content (AvgIpc) is 2.80. The molecule has 36 heavy (non-hydrogen) atoms. The van der Waals surface area contributed by atoms with E-state index < -0.39 is 77.1 Å². The Labute approximate surface area is 212 Å². The maximum atomic E-state index is 11.9. The molecule has 14 nitrogen and oxygen atoms in total. The Morgan fingerprint density at radius 3 is 1.86 bits per heavy atom. The summed E-state index contributed by atoms with van der Waals surface area (Å²) in [5.41, 5.74) is 16.8. The first-order valence-corrected chi connectivity index (χ1v) is 12.5. The van der Waals surface area contributed by atoms with Crippen molar-refractivity contribution in [1.29, 1.82) is 0 Å². The minimum absolute atomic E-state index is 0.0909. The smallest absolute Gasteiger partial charge is 0.303 e. The Bertz CT molecular complexity index is 911. The predicted molar refractivity (Wildman–Crippen MR) is 127 cm³/mol. The van der Waals surface area contributed by atoms with Crippen molar-refractivity contribution in [2.24, 2.45) is 22.1 Å². The zero-order valence-corrected chi connectivity index (χ0v) is 21.9. The molecule has 0 aromatic rings. The van der Waals surface area contributed by atoms with Gasteiger partial charge in [-0.2, -0.15) is 0 Å². The van der Waals surface area contributed by atoms with E-state index in [1.165, 1.54) is 32.5 Å². The normalized spacial score (nSPS) is 35.9. The maximum absolute atomic E-state index is 11.9. The highest BCUT2D eigenvalue weighted by Crippen LogP contribution is 2.43. The summed E-state index contributed by atoms with van der Waals surface area (Å²) < 4.78 is 28.5. The molecule has 0 saturated carbocycles. The van der Waals surface area contributed by atoms with Gasteiger partial charge in [0.1, 0.15) is 29.7 Å². The standard InChI is InChI=1S/C21H32N6O8S/c1-7-14-18(32-12(5)29)17(25-27-23)10(3)20(34-14)36-21-19(33-13(6)30)16(24-26-22)9(2)15(35-21)8-31-11(4)28/h9-10,14-21H,7-8H2,1-6H3/t9-,10+,14?,15?,16-,17?,18-,19?,20-,21-/m0/s1. The molecule has 10 atom stereocenters. The van der Waals surface area contributed by atoms with E-state index in [1.807, 2.05) is 6.92 Å². The number of rotatable bonds is 9. The molecule has 0 aromatic carbocycles. The summed E-state index contributed by atoms with van der Waals surface area (Å²) in [6, 6.07) is -1.54. The highest BCUT2D eigenvalue weighted by Gasteiger charge is 2.50. The summed E-state index contributed by atoms with van der Waals surface area (Å²) in [6.07, 6.45) is -2.51. The molecule has 200 valence electrons. The zero-order valence-electron chi connectivity index (χ0n) is 21.0. The number of carbonyl (C=O) groups excluding carboxylic acids is 3. The van der Waals surface area contributed by atoms with Crippen LogP contribution in [0.5, 0.6) is 0 Å². The molecular weight excluding hydrogens is 496 g/mol. The lowest BCUT2D eigenvalue weighted by Crippen LogP contribution is -2.57. The van der Waals surface area contributed by atoms with E-state index in [-0.39, 0.29) is 6.61 Å². The Morgan fingerprint density at radius 2 is 1.36 bits per heavy atom. The molecule has 2 saturated heterocycles. The third-order valence-electron chi connectivity index (χ3n) is 6.11. The number of hydrogen-bond acceptors (Lipinski definition) is 11. The van der Waals surface area contributed by atoms with Gasteiger partial charge in [0.15, 0.2) is 0 Å². The topological polar surface area (TPSA) is 195 Å². The Morgan fingerprint density at radius 1 is 0.833 bits per heavy atom. The van der Waals surface area contributed by atoms with Crippen molar-refractivity contribution in [2.75, 3.05) is 6.61 Å². The molecule has 0 bridgehead atoms. The molecule has 0 aromatic heterocycles. The molecule has 2 fully saturated rings. The molecule has 4 unspecified atom stereocenters. The fourth-order valence-corrected chi connectivity index (χ4v) is 5.80. The van der Waals surface area contributed by atoms with Crippen molar-refractivity contribution >= 4 is 29.7 Å². The first-order chi connectivity index (χ1) is 17.0. The number of hydrogen-bond donors (Lipinski definition) is 0. The van der Waals surface area contributed by atoms with Gasteiger partial charge < -0.3 is 23.7 Å². The van der Waals surface area contributed by atoms with E-state index in [2.05, 4.69) is 20.1 Å². The van der Waals surface area contributed by atoms with Crippen molar-refractivity contribution < 1.29 is 38.1 Å². The molecule has 0 amide bonds. The average molecular weight is 529 g/mol. The Kier molecular flexibility index (Phi) is 11.1. The van der Waals surface area contributed by atoms with Gasteiger partial charge in [0.25, 0.3) is 0 Å². The van der Waals surface area contributed by atoms with Crippen LogP contribution in [0.2, 0.25) is 0 Å². The van der Waals surface area contributed by atoms with Crippen LogP contribution in [-0.4, -0.2) is 71.9 Å². The summed E-state index contributed by atoms with van der Waals surface area (Å²) in [4.78, 5) is 40.9. The lowest BCUT2D eigenvalue weighted by Gasteiger charge is -2.47. The van der Waals surface area contributed by atoms with Gasteiger partial charge in [0, 0.05) is 36.5 Å². The van der Waals surface area contributed by atoms with Crippen LogP contribution in [0.25, 0.3) is 20.9 Å². The minimum Gasteiger partial charge on any atom is -0.463 e. The van der Waals surface area contributed by atoms with Gasteiger partial charge >= 0.3 is 17.9 Å². The number of nitrogens with zero attached hydrogens (tertiary/aromatic N) is 6. The fraction of sp³-hybridized carbons (Fsp3) is 0.857. The van der Waals surface area contributed by atoms with Crippen molar-refractivity contribution in [3.63, 3.8) is 0 Å². The van der Waals surface area contributed by atoms with Gasteiger partial charge in [0.2, 0.25) is 0 Å². The molecule has 2 aliphatic heterocycles. The number of ether oxygens (including phenoxy) is 5. The second-order valence-corrected chi connectivity index (χ2v) is 9.89. The molecule has 0 spiro atoms. The van der Waals surface area contributed by atoms with Crippen molar-refractivity contribution in [3.8, 4) is 0 Å². The number of azide groups is 2. The van der Waals surface area contributed by atoms with Crippen LogP contribution in [0.15, 0.2) is 10.2 Å². The monoisotopic (exact) mass is 528 g/mol. The van der Waals surface area contributed by atoms with Crippen LogP contribution in [0.3, 0.4) is 0 Å². The summed E-state index contributed by atoms with van der Waals surface area (Å²) in [7, 11) is 0. The largest absolute Gasteiger partial charge is 0.463 e. The van der Waals surface area contributed by atoms with Gasteiger partial charge in [-0.15, -0.1) is 0 Å². The lowest BCUT2D eigenvalue weighted by molar-refractivity contribution is -0.179. The fourth-order valence-electron chi connectivity index (χ4n) is 4.34. The predicted octanol–water partition coefficient (Wildman–Crippen LogP) is 3.64. The Balaban J connectivity index is 2.40. The van der Waals surface area contributed by atoms with Crippen LogP contribution in [-0.2, 0) is 38.1 Å². The molecular formula is C21H32N6O8S. The zero-order chi connectivity index (χ0) is 27.0. The van der Waals surface area contributed by atoms with Gasteiger partial charge in [-0.3, -0.25) is 14.4 Å². The molecule has 15 heteroatoms. The number of thioether (sulfide) groups is 1. The van der Waals surface area contributed by atoms with Crippen molar-refractivity contribution in [1.82, 2.24) is 0 Å². The summed E-state index contributed by atoms with van der Waals surface area (Å²) >= 11 is 1.17. The summed E-state index contributed by atoms with van der Waals surface area (Å²) in [5.74, 6) is -2.50. The first kappa shape index (κ1) is 29.5. The molecule has 0 radical (unpaired) electrons. The lowest BCUT2D eigenvalue weighted by atomic mass is 9.89. The van der Waals surface area contributed by atoms with E-state index in [1.54, 1.807) is 13.8 Å². The molecule has 2 heterocycles. The maximum Gasteiger partial charge on any atom is 0.303 e. The molecule has 2 rings (SSSR count). The van der Waals surface area contributed by atoms with E-state index in [0.29, 0.717) is 6.42 Å². The van der Waals surface area contributed by atoms with Gasteiger partial charge in [-0.05, 0) is 23.4 Å². The second kappa shape index (κ2) is 13.6. The van der Waals surface area contributed by atoms with E-state index in [9.17, 15) is 19.9 Å². The number of carbonyl (C=O) groups is 3. The second-order valence-electron chi connectivity index (χ2n) is 8.69. The molecule has 0 aliphatic carbocycles. The van der Waals surface area contributed by atoms with Gasteiger partial charge in [0.05, 0.1) is 24.3 Å². The highest BCUT2D eigenvalue weighted by molar-refractivity contribution is 8.00. The molecule has 2 aliphatic rings. The van der Waals surface area contributed by atoms with E-state index in [4.69, 9.17) is 29.2 Å². The van der Waals surface area contributed by atoms with E-state index >= 15 is 0 Å². The van der Waals surface area contributed by atoms with Gasteiger partial charge in [-0.1, -0.05) is 42.8 Å². The van der Waals surface area contributed by atoms with Crippen molar-refractivity contribution in [3.05, 3.63) is 20.9 Å². The summed E-state index contributed by atoms with van der Waals surface area (Å²) in [6.45, 7) is 9.06. The third kappa shape index (κ3) is 7.40. The molecule has 0 N–H and O–H groups in total. The van der Waals surface area contributed by atoms with Gasteiger partial charge in [-0.25, -0.2) is 0 Å². The Hall–Kier alpha value is -2.70. The first-order valence-electron chi connectivity index (χ1n) is 11.6. The quantitative estimate of drug-likeness (QED) is 0.141. The minimum atomic E-state index is -0.966. The third-order valence-corrected chi connectivity index (χ3v) is 7.57.